The molecule has 0 fully saturated rings. The average molecular weight is 364 g/mol. The van der Waals surface area contributed by atoms with Gasteiger partial charge in [-0.1, -0.05) is 17.7 Å². The lowest BCUT2D eigenvalue weighted by atomic mass is 10.0. The molecule has 6 nitrogen and oxygen atoms in total. The van der Waals surface area contributed by atoms with Crippen LogP contribution in [0.5, 0.6) is 0 Å². The number of aromatic amines is 1. The maximum absolute atomic E-state index is 11.3. The maximum atomic E-state index is 11.3. The molecule has 0 aliphatic carbocycles. The van der Waals surface area contributed by atoms with Crippen LogP contribution in [0.25, 0.3) is 33.5 Å². The van der Waals surface area contributed by atoms with Crippen LogP contribution in [0, 0.1) is 0 Å². The molecular weight excluding hydrogens is 350 g/mol. The van der Waals surface area contributed by atoms with Gasteiger partial charge in [0.05, 0.1) is 28.0 Å². The molecule has 0 aliphatic heterocycles. The first-order chi connectivity index (χ1) is 12.6. The summed E-state index contributed by atoms with van der Waals surface area (Å²) >= 11 is 6.11. The zero-order chi connectivity index (χ0) is 18.1. The fraction of sp³-hybridized carbons (Fsp3) is 0.0526. The summed E-state index contributed by atoms with van der Waals surface area (Å²) in [6, 6.07) is 13.0. The molecule has 0 aromatic carbocycles. The molecule has 0 aliphatic rings. The average Bonchev–Trinajstić information content (AvgIpc) is 3.01. The normalized spacial score (nSPS) is 10.8. The van der Waals surface area contributed by atoms with Crippen molar-refractivity contribution >= 4 is 34.4 Å². The molecular formula is C19H14ClN5O. The summed E-state index contributed by atoms with van der Waals surface area (Å²) in [5, 5.41) is 3.11. The molecule has 0 spiro atoms. The molecule has 0 saturated carbocycles. The van der Waals surface area contributed by atoms with E-state index in [0.29, 0.717) is 11.0 Å². The number of carbonyl (C=O) groups excluding carboxylic acids is 1. The minimum Gasteiger partial charge on any atom is -0.353 e. The van der Waals surface area contributed by atoms with E-state index in [9.17, 15) is 4.79 Å². The molecule has 2 N–H and O–H groups in total. The molecule has 0 unspecified atom stereocenters. The Hall–Kier alpha value is -3.25. The number of carbonyl (C=O) groups is 1. The molecule has 0 saturated heterocycles. The van der Waals surface area contributed by atoms with Crippen LogP contribution in [-0.2, 0) is 4.79 Å². The zero-order valence-corrected chi connectivity index (χ0v) is 14.6. The Bertz CT molecular complexity index is 1110. The van der Waals surface area contributed by atoms with Gasteiger partial charge in [0, 0.05) is 24.9 Å². The molecule has 4 rings (SSSR count). The zero-order valence-electron chi connectivity index (χ0n) is 13.8. The Morgan fingerprint density at radius 1 is 1.12 bits per heavy atom. The second-order valence-electron chi connectivity index (χ2n) is 5.73. The molecule has 7 heteroatoms. The van der Waals surface area contributed by atoms with Crippen LogP contribution in [0.15, 0.2) is 54.9 Å². The highest BCUT2D eigenvalue weighted by atomic mass is 35.5. The minimum atomic E-state index is -0.176. The quantitative estimate of drug-likeness (QED) is 0.531. The van der Waals surface area contributed by atoms with Crippen molar-refractivity contribution in [2.75, 3.05) is 5.32 Å². The first kappa shape index (κ1) is 16.2. The van der Waals surface area contributed by atoms with Crippen molar-refractivity contribution in [3.63, 3.8) is 0 Å². The monoisotopic (exact) mass is 363 g/mol. The Balaban J connectivity index is 1.97. The number of halogens is 1. The van der Waals surface area contributed by atoms with Gasteiger partial charge in [-0.05, 0) is 36.4 Å². The van der Waals surface area contributed by atoms with Crippen LogP contribution >= 0.6 is 11.6 Å². The Labute approximate surface area is 154 Å². The summed E-state index contributed by atoms with van der Waals surface area (Å²) in [7, 11) is 0. The van der Waals surface area contributed by atoms with Gasteiger partial charge in [0.25, 0.3) is 0 Å². The summed E-state index contributed by atoms with van der Waals surface area (Å²) in [5.74, 6) is 0.302. The lowest BCUT2D eigenvalue weighted by molar-refractivity contribution is -0.114. The third-order valence-electron chi connectivity index (χ3n) is 3.88. The molecule has 4 aromatic rings. The molecule has 26 heavy (non-hydrogen) atoms. The minimum absolute atomic E-state index is 0.176. The Morgan fingerprint density at radius 3 is 2.77 bits per heavy atom. The topological polar surface area (TPSA) is 83.6 Å². The molecule has 0 bridgehead atoms. The van der Waals surface area contributed by atoms with E-state index < -0.39 is 0 Å². The van der Waals surface area contributed by atoms with Gasteiger partial charge in [-0.2, -0.15) is 0 Å². The van der Waals surface area contributed by atoms with Crippen molar-refractivity contribution in [3.05, 3.63) is 60.0 Å². The van der Waals surface area contributed by atoms with Crippen LogP contribution in [-0.4, -0.2) is 25.8 Å². The van der Waals surface area contributed by atoms with E-state index in [4.69, 9.17) is 11.6 Å². The van der Waals surface area contributed by atoms with E-state index in [1.807, 2.05) is 30.3 Å². The van der Waals surface area contributed by atoms with Gasteiger partial charge in [-0.3, -0.25) is 9.78 Å². The number of H-pyrrole nitrogens is 1. The largest absolute Gasteiger partial charge is 0.353 e. The van der Waals surface area contributed by atoms with Gasteiger partial charge in [0.15, 0.2) is 0 Å². The summed E-state index contributed by atoms with van der Waals surface area (Å²) in [5.41, 5.74) is 4.91. The highest BCUT2D eigenvalue weighted by Crippen LogP contribution is 2.37. The van der Waals surface area contributed by atoms with Gasteiger partial charge in [0.1, 0.15) is 11.0 Å². The SMILES string of the molecule is CC(=O)Nc1cc(-c2[nH]c3ccc(Cl)nc3c2-c2ccccn2)ccn1. The Morgan fingerprint density at radius 2 is 2.00 bits per heavy atom. The highest BCUT2D eigenvalue weighted by molar-refractivity contribution is 6.30. The van der Waals surface area contributed by atoms with Crippen LogP contribution in [0.1, 0.15) is 6.92 Å². The van der Waals surface area contributed by atoms with Crippen molar-refractivity contribution < 1.29 is 4.79 Å². The summed E-state index contributed by atoms with van der Waals surface area (Å²) in [4.78, 5) is 27.8. The van der Waals surface area contributed by atoms with Crippen molar-refractivity contribution in [1.82, 2.24) is 19.9 Å². The van der Waals surface area contributed by atoms with E-state index in [1.54, 1.807) is 24.5 Å². The first-order valence-electron chi connectivity index (χ1n) is 7.95. The fourth-order valence-corrected chi connectivity index (χ4v) is 3.00. The lowest BCUT2D eigenvalue weighted by Crippen LogP contribution is -2.07. The number of rotatable bonds is 3. The molecule has 0 atom stereocenters. The number of aromatic nitrogens is 4. The van der Waals surface area contributed by atoms with Crippen LogP contribution in [0.3, 0.4) is 0 Å². The number of pyridine rings is 3. The van der Waals surface area contributed by atoms with Gasteiger partial charge in [0.2, 0.25) is 5.91 Å². The molecule has 128 valence electrons. The van der Waals surface area contributed by atoms with Gasteiger partial charge in [-0.15, -0.1) is 0 Å². The van der Waals surface area contributed by atoms with E-state index in [-0.39, 0.29) is 5.91 Å². The number of nitrogens with one attached hydrogen (secondary N) is 2. The number of nitrogens with zero attached hydrogens (tertiary/aromatic N) is 3. The van der Waals surface area contributed by atoms with Crippen LogP contribution < -0.4 is 5.32 Å². The molecule has 4 heterocycles. The fourth-order valence-electron chi connectivity index (χ4n) is 2.85. The van der Waals surface area contributed by atoms with Gasteiger partial charge < -0.3 is 10.3 Å². The standard InChI is InChI=1S/C19H14ClN5O/c1-11(26)23-16-10-12(7-9-22-16)18-17(13-4-2-3-8-21-13)19-14(24-18)5-6-15(20)25-19/h2-10,24H,1H3,(H,22,23,26). The number of hydrogen-bond donors (Lipinski definition) is 2. The first-order valence-corrected chi connectivity index (χ1v) is 8.33. The van der Waals surface area contributed by atoms with E-state index >= 15 is 0 Å². The van der Waals surface area contributed by atoms with Crippen LogP contribution in [0.4, 0.5) is 5.82 Å². The third kappa shape index (κ3) is 3.02. The van der Waals surface area contributed by atoms with Gasteiger partial charge in [-0.25, -0.2) is 9.97 Å². The number of amides is 1. The van der Waals surface area contributed by atoms with E-state index in [1.165, 1.54) is 6.92 Å². The summed E-state index contributed by atoms with van der Waals surface area (Å²) in [6.07, 6.45) is 3.38. The lowest BCUT2D eigenvalue weighted by Gasteiger charge is -2.07. The smallest absolute Gasteiger partial charge is 0.222 e. The highest BCUT2D eigenvalue weighted by Gasteiger charge is 2.18. The second kappa shape index (κ2) is 6.57. The molecule has 0 radical (unpaired) electrons. The third-order valence-corrected chi connectivity index (χ3v) is 4.09. The van der Waals surface area contributed by atoms with E-state index in [0.717, 1.165) is 33.5 Å². The van der Waals surface area contributed by atoms with Crippen molar-refractivity contribution in [3.8, 4) is 22.5 Å². The molecule has 4 aromatic heterocycles. The van der Waals surface area contributed by atoms with Gasteiger partial charge >= 0.3 is 0 Å². The maximum Gasteiger partial charge on any atom is 0.222 e. The van der Waals surface area contributed by atoms with Crippen LogP contribution in [0.2, 0.25) is 5.15 Å². The second-order valence-corrected chi connectivity index (χ2v) is 6.12. The molecule has 1 amide bonds. The van der Waals surface area contributed by atoms with E-state index in [2.05, 4.69) is 25.3 Å². The number of hydrogen-bond acceptors (Lipinski definition) is 4. The Kier molecular flexibility index (Phi) is 4.10. The van der Waals surface area contributed by atoms with Crippen molar-refractivity contribution in [2.45, 2.75) is 6.92 Å². The predicted molar refractivity (Wildman–Crippen MR) is 102 cm³/mol. The number of fused-ring (bicyclic) bond motifs is 1. The summed E-state index contributed by atoms with van der Waals surface area (Å²) in [6.45, 7) is 1.45. The van der Waals surface area contributed by atoms with Crippen molar-refractivity contribution in [2.24, 2.45) is 0 Å². The summed E-state index contributed by atoms with van der Waals surface area (Å²) < 4.78 is 0. The number of anilines is 1. The van der Waals surface area contributed by atoms with Crippen molar-refractivity contribution in [1.29, 1.82) is 0 Å². The predicted octanol–water partition coefficient (Wildman–Crippen LogP) is 4.30.